The van der Waals surface area contributed by atoms with E-state index < -0.39 is 90.6 Å². The van der Waals surface area contributed by atoms with Crippen LogP contribution < -0.4 is 32.7 Å². The quantitative estimate of drug-likeness (QED) is 0.0401. The predicted octanol–water partition coefficient (Wildman–Crippen LogP) is 1.51. The predicted molar refractivity (Wildman–Crippen MR) is 245 cm³/mol. The van der Waals surface area contributed by atoms with E-state index in [0.29, 0.717) is 25.8 Å². The number of carboxylic acids is 3. The van der Waals surface area contributed by atoms with Gasteiger partial charge in [0.25, 0.3) is 11.9 Å². The molecule has 21 heteroatoms. The number of amides is 5. The summed E-state index contributed by atoms with van der Waals surface area (Å²) < 4.78 is 0. The second-order valence-corrected chi connectivity index (χ2v) is 16.0. The van der Waals surface area contributed by atoms with E-state index in [1.807, 2.05) is 0 Å². The monoisotopic (exact) mass is 936 g/mol. The molecule has 21 nitrogen and oxygen atoms in total. The number of carbonyl (C=O) groups excluding carboxylic acids is 5. The smallest absolute Gasteiger partial charge is 0.328 e. The summed E-state index contributed by atoms with van der Waals surface area (Å²) in [5.41, 5.74) is 11.3. The van der Waals surface area contributed by atoms with Gasteiger partial charge >= 0.3 is 5.97 Å². The van der Waals surface area contributed by atoms with Crippen LogP contribution in [0.1, 0.15) is 164 Å². The lowest BCUT2D eigenvalue weighted by molar-refractivity contribution is -0.148. The molecule has 380 valence electrons. The van der Waals surface area contributed by atoms with Crippen LogP contribution in [-0.4, -0.2) is 152 Å². The fourth-order valence-corrected chi connectivity index (χ4v) is 6.58. The molecule has 14 N–H and O–H groups in total. The number of unbranched alkanes of at least 4 members (excludes halogenated alkanes) is 13. The molecule has 0 aliphatic rings. The second-order valence-electron chi connectivity index (χ2n) is 16.0. The molecule has 0 saturated carbocycles. The van der Waals surface area contributed by atoms with E-state index in [4.69, 9.17) is 31.3 Å². The molecule has 0 unspecified atom stereocenters. The van der Waals surface area contributed by atoms with Crippen LogP contribution in [0.25, 0.3) is 0 Å². The molecule has 0 heterocycles. The molecule has 0 aliphatic heterocycles. The van der Waals surface area contributed by atoms with Gasteiger partial charge in [-0.15, -0.1) is 0 Å². The number of carboxylic acid groups (broad SMARTS) is 3. The molecular weight excluding hydrogens is 851 g/mol. The van der Waals surface area contributed by atoms with Crippen molar-refractivity contribution >= 4 is 47.4 Å². The Morgan fingerprint density at radius 3 is 1.38 bits per heavy atom. The maximum absolute atomic E-state index is 14.0. The second kappa shape index (κ2) is 41.0. The number of hydrogen-bond acceptors (Lipinski definition) is 13. The first-order chi connectivity index (χ1) is 30.7. The van der Waals surface area contributed by atoms with E-state index in [1.165, 1.54) is 71.6 Å². The summed E-state index contributed by atoms with van der Waals surface area (Å²) >= 11 is 0. The molecule has 5 amide bonds. The fraction of sp³-hybridized carbons (Fsp3) is 0.818. The minimum absolute atomic E-state index is 0.0304. The molecule has 0 saturated heterocycles. The van der Waals surface area contributed by atoms with Crippen molar-refractivity contribution in [3.8, 4) is 0 Å². The number of nitrogens with zero attached hydrogens (tertiary/aromatic N) is 1. The van der Waals surface area contributed by atoms with Crippen LogP contribution in [0.2, 0.25) is 0 Å². The lowest BCUT2D eigenvalue weighted by atomic mass is 10.0. The van der Waals surface area contributed by atoms with Gasteiger partial charge in [-0.25, -0.2) is 4.79 Å². The normalized spacial score (nSPS) is 13.9. The minimum atomic E-state index is -1.67. The topological polar surface area (TPSA) is 361 Å². The van der Waals surface area contributed by atoms with Crippen LogP contribution in [0, 0.1) is 0 Å². The molecule has 0 rings (SSSR count). The van der Waals surface area contributed by atoms with Gasteiger partial charge in [0.15, 0.2) is 0 Å². The standard InChI is InChI=1S/C40H77N7O10.2C2H4O2/c1-5-7-8-9-10-11-12-13-14-15-16-17-18-24-33(51)43-31(22-19-20-25-41)39(55)47(6-2)35(29(4)50)38(54)46-34(28(3)49)37(53)44-30(23-21-26-42)36(52)45-32(27-48)40(56)57;2*1-2(3)4/h28-32,34-35,48-50H,5-27,41-42H2,1-4H3,(H,43,51)(H,44,53)(H,45,52)(H,46,54)(H,56,57);2*1H3,(H,3,4)/t28-,29-,30+,31+,32+,34+,35+;;/m1../s1. The highest BCUT2D eigenvalue weighted by atomic mass is 16.4. The van der Waals surface area contributed by atoms with E-state index in [9.17, 15) is 49.2 Å². The lowest BCUT2D eigenvalue weighted by Gasteiger charge is -2.35. The van der Waals surface area contributed by atoms with Gasteiger partial charge < -0.3 is 68.3 Å². The molecule has 0 aromatic heterocycles. The molecule has 0 aromatic carbocycles. The van der Waals surface area contributed by atoms with Crippen molar-refractivity contribution < 1.29 is 69.0 Å². The van der Waals surface area contributed by atoms with E-state index >= 15 is 0 Å². The van der Waals surface area contributed by atoms with E-state index in [-0.39, 0.29) is 44.7 Å². The Kier molecular flexibility index (Phi) is 40.9. The van der Waals surface area contributed by atoms with Crippen molar-refractivity contribution in [2.45, 2.75) is 206 Å². The number of likely N-dealkylation sites (N-methyl/N-ethyl adjacent to an activating group) is 1. The van der Waals surface area contributed by atoms with Gasteiger partial charge in [-0.1, -0.05) is 84.0 Å². The van der Waals surface area contributed by atoms with Crippen molar-refractivity contribution in [2.24, 2.45) is 11.5 Å². The van der Waals surface area contributed by atoms with Crippen molar-refractivity contribution in [3.05, 3.63) is 0 Å². The highest BCUT2D eigenvalue weighted by Gasteiger charge is 2.39. The number of aliphatic hydroxyl groups is 3. The van der Waals surface area contributed by atoms with E-state index in [1.54, 1.807) is 6.92 Å². The molecule has 0 radical (unpaired) electrons. The van der Waals surface area contributed by atoms with Crippen LogP contribution in [0.5, 0.6) is 0 Å². The van der Waals surface area contributed by atoms with E-state index in [0.717, 1.165) is 38.0 Å². The van der Waals surface area contributed by atoms with Crippen LogP contribution >= 0.6 is 0 Å². The van der Waals surface area contributed by atoms with E-state index in [2.05, 4.69) is 28.2 Å². The van der Waals surface area contributed by atoms with Gasteiger partial charge in [0, 0.05) is 26.8 Å². The molecule has 65 heavy (non-hydrogen) atoms. The Hall–Kier alpha value is -4.44. The Morgan fingerprint density at radius 1 is 0.538 bits per heavy atom. The number of nitrogens with one attached hydrogen (secondary N) is 4. The van der Waals surface area contributed by atoms with Crippen molar-refractivity contribution in [1.82, 2.24) is 26.2 Å². The molecule has 0 bridgehead atoms. The van der Waals surface area contributed by atoms with Crippen LogP contribution in [0.4, 0.5) is 0 Å². The summed E-state index contributed by atoms with van der Waals surface area (Å²) in [5, 5.41) is 64.5. The first-order valence-corrected chi connectivity index (χ1v) is 23.2. The van der Waals surface area contributed by atoms with Gasteiger partial charge in [0.2, 0.25) is 29.5 Å². The molecule has 0 fully saturated rings. The average Bonchev–Trinajstić information content (AvgIpc) is 3.22. The molecule has 7 atom stereocenters. The molecule has 0 spiro atoms. The number of nitrogens with two attached hydrogens (primary N) is 2. The first kappa shape index (κ1) is 64.8. The SMILES string of the molecule is CC(=O)O.CC(=O)O.CCCCCCCCCCCCCCCC(=O)N[C@@H](CCCCN)C(=O)N(CC)[C@H](C(=O)N[C@H](C(=O)N[C@@H](CCCN)C(=O)N[C@@H](CO)C(=O)O)[C@@H](C)O)[C@@H](C)O. The zero-order valence-electron chi connectivity index (χ0n) is 39.9. The number of aliphatic hydroxyl groups excluding tert-OH is 3. The van der Waals surface area contributed by atoms with Crippen LogP contribution in [0.15, 0.2) is 0 Å². The average molecular weight is 936 g/mol. The van der Waals surface area contributed by atoms with Gasteiger partial charge in [-0.05, 0) is 72.4 Å². The number of aliphatic carboxylic acids is 3. The van der Waals surface area contributed by atoms with Crippen molar-refractivity contribution in [3.63, 3.8) is 0 Å². The highest BCUT2D eigenvalue weighted by Crippen LogP contribution is 2.15. The fourth-order valence-electron chi connectivity index (χ4n) is 6.58. The third-order valence-corrected chi connectivity index (χ3v) is 9.96. The lowest BCUT2D eigenvalue weighted by Crippen LogP contribution is -2.63. The summed E-state index contributed by atoms with van der Waals surface area (Å²) in [4.78, 5) is 97.6. The number of rotatable bonds is 35. The summed E-state index contributed by atoms with van der Waals surface area (Å²) in [6.07, 6.45) is 14.0. The van der Waals surface area contributed by atoms with Gasteiger partial charge in [0.1, 0.15) is 30.2 Å². The van der Waals surface area contributed by atoms with Crippen LogP contribution in [-0.2, 0) is 38.4 Å². The third kappa shape index (κ3) is 34.6. The van der Waals surface area contributed by atoms with Crippen molar-refractivity contribution in [2.75, 3.05) is 26.2 Å². The number of carbonyl (C=O) groups is 8. The Balaban J connectivity index is -0.00000440. The van der Waals surface area contributed by atoms with Gasteiger partial charge in [-0.3, -0.25) is 33.6 Å². The first-order valence-electron chi connectivity index (χ1n) is 23.2. The van der Waals surface area contributed by atoms with Gasteiger partial charge in [-0.2, -0.15) is 0 Å². The number of hydrogen-bond donors (Lipinski definition) is 12. The Morgan fingerprint density at radius 2 is 0.985 bits per heavy atom. The Bertz CT molecular complexity index is 1330. The molecular formula is C44H85N7O14. The highest BCUT2D eigenvalue weighted by molar-refractivity contribution is 5.96. The van der Waals surface area contributed by atoms with Crippen molar-refractivity contribution in [1.29, 1.82) is 0 Å². The Labute approximate surface area is 385 Å². The zero-order valence-corrected chi connectivity index (χ0v) is 39.9. The van der Waals surface area contributed by atoms with Crippen LogP contribution in [0.3, 0.4) is 0 Å². The summed E-state index contributed by atoms with van der Waals surface area (Å²) in [6, 6.07) is -7.20. The summed E-state index contributed by atoms with van der Waals surface area (Å²) in [6.45, 7) is 8.05. The maximum atomic E-state index is 14.0. The minimum Gasteiger partial charge on any atom is -0.481 e. The summed E-state index contributed by atoms with van der Waals surface area (Å²) in [5.74, 6) is -7.00. The largest absolute Gasteiger partial charge is 0.481 e. The molecule has 0 aliphatic carbocycles. The summed E-state index contributed by atoms with van der Waals surface area (Å²) in [7, 11) is 0. The third-order valence-electron chi connectivity index (χ3n) is 9.96. The zero-order chi connectivity index (χ0) is 50.3. The maximum Gasteiger partial charge on any atom is 0.328 e. The van der Waals surface area contributed by atoms with Gasteiger partial charge in [0.05, 0.1) is 18.8 Å². The molecule has 0 aromatic rings.